The van der Waals surface area contributed by atoms with E-state index in [-0.39, 0.29) is 5.91 Å². The van der Waals surface area contributed by atoms with Gasteiger partial charge in [0.1, 0.15) is 16.9 Å². The molecule has 2 fully saturated rings. The number of carbonyl (C=O) groups excluding carboxylic acids is 1. The molecule has 0 bridgehead atoms. The van der Waals surface area contributed by atoms with Crippen molar-refractivity contribution in [3.05, 3.63) is 53.2 Å². The third-order valence-corrected chi connectivity index (χ3v) is 5.77. The number of carbonyl (C=O) groups is 1. The molecule has 1 atom stereocenters. The van der Waals surface area contributed by atoms with Crippen molar-refractivity contribution in [2.24, 2.45) is 0 Å². The normalized spacial score (nSPS) is 23.2. The summed E-state index contributed by atoms with van der Waals surface area (Å²) in [5.41, 5.74) is 1.57. The van der Waals surface area contributed by atoms with E-state index in [1.807, 2.05) is 11.0 Å². The molecular weight excluding hydrogens is 408 g/mol. The van der Waals surface area contributed by atoms with Gasteiger partial charge in [0.05, 0.1) is 31.4 Å². The first-order valence-electron chi connectivity index (χ1n) is 9.96. The first-order chi connectivity index (χ1) is 14.6. The number of ether oxygens (including phenoxy) is 2. The van der Waals surface area contributed by atoms with Crippen LogP contribution in [0.15, 0.2) is 36.8 Å². The zero-order chi connectivity index (χ0) is 20.6. The first kappa shape index (κ1) is 19.5. The highest BCUT2D eigenvalue weighted by Crippen LogP contribution is 2.25. The van der Waals surface area contributed by atoms with Gasteiger partial charge in [-0.3, -0.25) is 14.8 Å². The Morgan fingerprint density at radius 2 is 2.13 bits per heavy atom. The van der Waals surface area contributed by atoms with Gasteiger partial charge in [0.2, 0.25) is 0 Å². The molecule has 0 saturated carbocycles. The number of imidazole rings is 1. The molecule has 0 aromatic carbocycles. The molecule has 5 heterocycles. The van der Waals surface area contributed by atoms with Crippen LogP contribution in [0.25, 0.3) is 5.65 Å². The van der Waals surface area contributed by atoms with E-state index < -0.39 is 5.60 Å². The minimum absolute atomic E-state index is 0.109. The van der Waals surface area contributed by atoms with Crippen molar-refractivity contribution in [1.29, 1.82) is 0 Å². The lowest BCUT2D eigenvalue weighted by molar-refractivity contribution is -0.133. The topological polar surface area (TPSA) is 88.0 Å². The van der Waals surface area contributed by atoms with Crippen LogP contribution >= 0.6 is 11.6 Å². The predicted octanol–water partition coefficient (Wildman–Crippen LogP) is 1.45. The number of hydrogen-bond donors (Lipinski definition) is 1. The third-order valence-electron chi connectivity index (χ3n) is 5.55. The average molecular weight is 431 g/mol. The number of rotatable bonds is 3. The van der Waals surface area contributed by atoms with E-state index in [2.05, 4.69) is 20.1 Å². The number of nitrogens with zero attached hydrogens (tertiary/aromatic N) is 5. The van der Waals surface area contributed by atoms with Gasteiger partial charge in [0.25, 0.3) is 5.91 Å². The van der Waals surface area contributed by atoms with Crippen molar-refractivity contribution in [2.45, 2.75) is 12.1 Å². The Labute approximate surface area is 178 Å². The smallest absolute Gasteiger partial charge is 0.274 e. The molecule has 0 radical (unpaired) electrons. The molecule has 30 heavy (non-hydrogen) atoms. The fraction of sp³-hybridized carbons (Fsp3) is 0.450. The molecule has 1 amide bonds. The van der Waals surface area contributed by atoms with E-state index in [0.717, 1.165) is 18.8 Å². The summed E-state index contributed by atoms with van der Waals surface area (Å²) in [5.74, 6) is -0.109. The molecule has 3 aromatic rings. The third kappa shape index (κ3) is 3.93. The maximum atomic E-state index is 13.2. The Hall–Kier alpha value is -2.46. The summed E-state index contributed by atoms with van der Waals surface area (Å²) in [7, 11) is 0. The summed E-state index contributed by atoms with van der Waals surface area (Å²) in [6, 6.07) is 5.52. The highest BCUT2D eigenvalue weighted by Gasteiger charge is 2.42. The van der Waals surface area contributed by atoms with Crippen LogP contribution in [-0.2, 0) is 16.0 Å². The van der Waals surface area contributed by atoms with Gasteiger partial charge in [0, 0.05) is 50.5 Å². The predicted molar refractivity (Wildman–Crippen MR) is 109 cm³/mol. The van der Waals surface area contributed by atoms with E-state index in [1.165, 1.54) is 0 Å². The van der Waals surface area contributed by atoms with Gasteiger partial charge >= 0.3 is 0 Å². The molecule has 2 saturated heterocycles. The number of aromatic amines is 1. The second-order valence-electron chi connectivity index (χ2n) is 7.84. The van der Waals surface area contributed by atoms with Crippen molar-refractivity contribution in [1.82, 2.24) is 29.4 Å². The van der Waals surface area contributed by atoms with Crippen molar-refractivity contribution in [2.75, 3.05) is 46.0 Å². The summed E-state index contributed by atoms with van der Waals surface area (Å²) in [6.07, 6.45) is 5.22. The molecule has 5 rings (SSSR count). The van der Waals surface area contributed by atoms with Crippen LogP contribution in [0.4, 0.5) is 0 Å². The summed E-state index contributed by atoms with van der Waals surface area (Å²) < 4.78 is 13.8. The fourth-order valence-electron chi connectivity index (χ4n) is 4.16. The average Bonchev–Trinajstić information content (AvgIpc) is 3.36. The van der Waals surface area contributed by atoms with Crippen LogP contribution < -0.4 is 0 Å². The molecule has 2 aliphatic heterocycles. The number of nitrogens with one attached hydrogen (secondary N) is 1. The molecular formula is C20H23ClN6O3. The summed E-state index contributed by atoms with van der Waals surface area (Å²) in [6.45, 7) is 4.73. The standard InChI is InChI=1S/C20H23ClN6O3/c21-15-1-2-18-23-17(11-27(18)9-15)19(28)26-6-8-30-20(13-26)12-25(5-7-29-14-20)10-16-3-4-22-24-16/h1-4,9,11H,5-8,10,12-14H2,(H,22,24). The Kier molecular flexibility index (Phi) is 5.20. The number of morpholine rings is 1. The molecule has 1 unspecified atom stereocenters. The van der Waals surface area contributed by atoms with Gasteiger partial charge in [-0.05, 0) is 18.2 Å². The summed E-state index contributed by atoms with van der Waals surface area (Å²) in [5, 5.41) is 7.62. The van der Waals surface area contributed by atoms with Crippen LogP contribution in [0.2, 0.25) is 5.02 Å². The summed E-state index contributed by atoms with van der Waals surface area (Å²) >= 11 is 6.05. The lowest BCUT2D eigenvalue weighted by Crippen LogP contribution is -2.59. The van der Waals surface area contributed by atoms with E-state index in [4.69, 9.17) is 21.1 Å². The largest absolute Gasteiger partial charge is 0.377 e. The van der Waals surface area contributed by atoms with Crippen molar-refractivity contribution in [3.63, 3.8) is 0 Å². The molecule has 0 aliphatic carbocycles. The number of hydrogen-bond acceptors (Lipinski definition) is 6. The number of halogens is 1. The van der Waals surface area contributed by atoms with Crippen LogP contribution in [0.5, 0.6) is 0 Å². The van der Waals surface area contributed by atoms with Gasteiger partial charge < -0.3 is 18.8 Å². The van der Waals surface area contributed by atoms with E-state index >= 15 is 0 Å². The van der Waals surface area contributed by atoms with Crippen LogP contribution in [0.3, 0.4) is 0 Å². The van der Waals surface area contributed by atoms with Gasteiger partial charge in [-0.2, -0.15) is 5.10 Å². The van der Waals surface area contributed by atoms with Gasteiger partial charge in [0.15, 0.2) is 0 Å². The Morgan fingerprint density at radius 3 is 3.00 bits per heavy atom. The maximum Gasteiger partial charge on any atom is 0.274 e. The monoisotopic (exact) mass is 430 g/mol. The lowest BCUT2D eigenvalue weighted by Gasteiger charge is -2.43. The Morgan fingerprint density at radius 1 is 1.20 bits per heavy atom. The SMILES string of the molecule is O=C(c1cn2cc(Cl)ccc2n1)N1CCOC2(COCCN(Cc3ccn[nH]3)C2)C1. The summed E-state index contributed by atoms with van der Waals surface area (Å²) in [4.78, 5) is 21.8. The fourth-order valence-corrected chi connectivity index (χ4v) is 4.33. The second kappa shape index (κ2) is 7.99. The van der Waals surface area contributed by atoms with Gasteiger partial charge in [-0.1, -0.05) is 11.6 Å². The molecule has 158 valence electrons. The second-order valence-corrected chi connectivity index (χ2v) is 8.28. The zero-order valence-corrected chi connectivity index (χ0v) is 17.2. The van der Waals surface area contributed by atoms with Crippen molar-refractivity contribution < 1.29 is 14.3 Å². The number of H-pyrrole nitrogens is 1. The van der Waals surface area contributed by atoms with Crippen molar-refractivity contribution >= 4 is 23.2 Å². The highest BCUT2D eigenvalue weighted by atomic mass is 35.5. The van der Waals surface area contributed by atoms with E-state index in [0.29, 0.717) is 55.8 Å². The molecule has 9 nitrogen and oxygen atoms in total. The number of aromatic nitrogens is 4. The molecule has 1 spiro atoms. The van der Waals surface area contributed by atoms with Crippen LogP contribution in [-0.4, -0.2) is 86.9 Å². The van der Waals surface area contributed by atoms with E-state index in [1.54, 1.807) is 35.1 Å². The van der Waals surface area contributed by atoms with Crippen molar-refractivity contribution in [3.8, 4) is 0 Å². The maximum absolute atomic E-state index is 13.2. The molecule has 2 aliphatic rings. The minimum atomic E-state index is -0.563. The Bertz CT molecular complexity index is 1040. The molecule has 3 aromatic heterocycles. The number of fused-ring (bicyclic) bond motifs is 1. The van der Waals surface area contributed by atoms with Crippen LogP contribution in [0, 0.1) is 0 Å². The zero-order valence-electron chi connectivity index (χ0n) is 16.5. The molecule has 1 N–H and O–H groups in total. The van der Waals surface area contributed by atoms with Gasteiger partial charge in [-0.25, -0.2) is 4.98 Å². The van der Waals surface area contributed by atoms with E-state index in [9.17, 15) is 4.79 Å². The molecule has 10 heteroatoms. The first-order valence-corrected chi connectivity index (χ1v) is 10.3. The minimum Gasteiger partial charge on any atom is -0.377 e. The highest BCUT2D eigenvalue weighted by molar-refractivity contribution is 6.30. The Balaban J connectivity index is 1.33. The number of amides is 1. The van der Waals surface area contributed by atoms with Gasteiger partial charge in [-0.15, -0.1) is 0 Å². The van der Waals surface area contributed by atoms with Crippen LogP contribution in [0.1, 0.15) is 16.2 Å². The number of pyridine rings is 1. The lowest BCUT2D eigenvalue weighted by atomic mass is 10.0. The quantitative estimate of drug-likeness (QED) is 0.676.